The van der Waals surface area contributed by atoms with E-state index in [1.54, 1.807) is 0 Å². The molecule has 0 aliphatic rings. The molecule has 0 aromatic carbocycles. The summed E-state index contributed by atoms with van der Waals surface area (Å²) in [4.78, 5) is 3.78. The van der Waals surface area contributed by atoms with Crippen molar-refractivity contribution < 1.29 is 18.3 Å². The molecule has 2 N–H and O–H groups in total. The van der Waals surface area contributed by atoms with E-state index in [9.17, 15) is 18.3 Å². The van der Waals surface area contributed by atoms with Gasteiger partial charge in [0.25, 0.3) is 0 Å². The fourth-order valence-electron chi connectivity index (χ4n) is 1.13. The maximum absolute atomic E-state index is 12.5. The van der Waals surface area contributed by atoms with Crippen LogP contribution in [0.3, 0.4) is 0 Å². The predicted molar refractivity (Wildman–Crippen MR) is 54.0 cm³/mol. The van der Waals surface area contributed by atoms with Gasteiger partial charge in [-0.2, -0.15) is 13.2 Å². The Morgan fingerprint density at radius 1 is 1.38 bits per heavy atom. The van der Waals surface area contributed by atoms with Crippen molar-refractivity contribution in [2.45, 2.75) is 25.6 Å². The van der Waals surface area contributed by atoms with E-state index in [0.717, 1.165) is 6.20 Å². The lowest BCUT2D eigenvalue weighted by molar-refractivity contribution is -0.259. The number of halogens is 3. The molecule has 1 aromatic heterocycles. The monoisotopic (exact) mass is 234 g/mol. The molecule has 0 aliphatic heterocycles. The molecule has 16 heavy (non-hydrogen) atoms. The molecule has 1 heterocycles. The smallest absolute Gasteiger partial charge is 0.376 e. The van der Waals surface area contributed by atoms with Crippen molar-refractivity contribution in [2.24, 2.45) is 0 Å². The average Bonchev–Trinajstić information content (AvgIpc) is 2.17. The van der Waals surface area contributed by atoms with Crippen molar-refractivity contribution in [3.63, 3.8) is 0 Å². The fraction of sp³-hybridized carbons (Fsp3) is 0.500. The number of nitrogens with one attached hydrogen (secondary N) is 1. The van der Waals surface area contributed by atoms with Gasteiger partial charge in [0, 0.05) is 18.3 Å². The van der Waals surface area contributed by atoms with Gasteiger partial charge >= 0.3 is 6.18 Å². The number of rotatable bonds is 3. The first-order valence-corrected chi connectivity index (χ1v) is 4.78. The van der Waals surface area contributed by atoms with E-state index in [2.05, 4.69) is 10.3 Å². The number of hydrogen-bond acceptors (Lipinski definition) is 3. The van der Waals surface area contributed by atoms with Gasteiger partial charge in [-0.1, -0.05) is 6.07 Å². The van der Waals surface area contributed by atoms with Crippen molar-refractivity contribution >= 4 is 5.82 Å². The topological polar surface area (TPSA) is 45.1 Å². The molecule has 0 aliphatic carbocycles. The SMILES string of the molecule is CCNc1ccc(C(C)(O)C(F)(F)F)cn1. The molecule has 0 saturated carbocycles. The van der Waals surface area contributed by atoms with Crippen molar-refractivity contribution in [3.05, 3.63) is 23.9 Å². The van der Waals surface area contributed by atoms with E-state index in [4.69, 9.17) is 0 Å². The third-order valence-corrected chi connectivity index (χ3v) is 2.24. The van der Waals surface area contributed by atoms with Crippen LogP contribution in [0.1, 0.15) is 19.4 Å². The van der Waals surface area contributed by atoms with Crippen molar-refractivity contribution in [1.82, 2.24) is 4.98 Å². The Labute approximate surface area is 91.3 Å². The largest absolute Gasteiger partial charge is 0.421 e. The highest BCUT2D eigenvalue weighted by Gasteiger charge is 2.51. The minimum Gasteiger partial charge on any atom is -0.376 e. The third kappa shape index (κ3) is 2.44. The lowest BCUT2D eigenvalue weighted by atomic mass is 9.97. The summed E-state index contributed by atoms with van der Waals surface area (Å²) in [6.07, 6.45) is -3.69. The van der Waals surface area contributed by atoms with E-state index in [1.807, 2.05) is 6.92 Å². The molecule has 0 radical (unpaired) electrons. The minimum atomic E-state index is -4.71. The number of aliphatic hydroxyl groups is 1. The second kappa shape index (κ2) is 4.29. The maximum atomic E-state index is 12.5. The van der Waals surface area contributed by atoms with E-state index < -0.39 is 11.8 Å². The van der Waals surface area contributed by atoms with Crippen molar-refractivity contribution in [1.29, 1.82) is 0 Å². The minimum absolute atomic E-state index is 0.276. The van der Waals surface area contributed by atoms with Gasteiger partial charge in [-0.25, -0.2) is 4.98 Å². The van der Waals surface area contributed by atoms with Crippen LogP contribution in [0.15, 0.2) is 18.3 Å². The van der Waals surface area contributed by atoms with Gasteiger partial charge in [0.15, 0.2) is 5.60 Å². The Bertz CT molecular complexity index is 346. The quantitative estimate of drug-likeness (QED) is 0.843. The molecular weight excluding hydrogens is 221 g/mol. The van der Waals surface area contributed by atoms with Crippen LogP contribution in [-0.2, 0) is 5.60 Å². The van der Waals surface area contributed by atoms with Crippen LogP contribution in [0.5, 0.6) is 0 Å². The number of aromatic nitrogens is 1. The Hall–Kier alpha value is -1.30. The first-order chi connectivity index (χ1) is 7.29. The van der Waals surface area contributed by atoms with Crippen molar-refractivity contribution in [2.75, 3.05) is 11.9 Å². The van der Waals surface area contributed by atoms with Crippen LogP contribution in [0, 0.1) is 0 Å². The zero-order valence-electron chi connectivity index (χ0n) is 8.97. The molecule has 3 nitrogen and oxygen atoms in total. The van der Waals surface area contributed by atoms with Gasteiger partial charge in [-0.15, -0.1) is 0 Å². The molecule has 0 bridgehead atoms. The van der Waals surface area contributed by atoms with Crippen LogP contribution < -0.4 is 5.32 Å². The summed E-state index contributed by atoms with van der Waals surface area (Å²) >= 11 is 0. The lowest BCUT2D eigenvalue weighted by Gasteiger charge is -2.26. The third-order valence-electron chi connectivity index (χ3n) is 2.24. The number of nitrogens with zero attached hydrogens (tertiary/aromatic N) is 1. The zero-order chi connectivity index (χ0) is 12.4. The molecular formula is C10H13F3N2O. The van der Waals surface area contributed by atoms with Crippen molar-refractivity contribution in [3.8, 4) is 0 Å². The highest BCUT2D eigenvalue weighted by Crippen LogP contribution is 2.38. The van der Waals surface area contributed by atoms with Crippen LogP contribution in [0.2, 0.25) is 0 Å². The molecule has 1 rings (SSSR count). The van der Waals surface area contributed by atoms with Crippen LogP contribution in [0.25, 0.3) is 0 Å². The summed E-state index contributed by atoms with van der Waals surface area (Å²) < 4.78 is 37.4. The van der Waals surface area contributed by atoms with E-state index in [-0.39, 0.29) is 5.56 Å². The van der Waals surface area contributed by atoms with Crippen LogP contribution in [-0.4, -0.2) is 22.8 Å². The van der Waals surface area contributed by atoms with Gasteiger partial charge in [-0.3, -0.25) is 0 Å². The molecule has 0 saturated heterocycles. The molecule has 0 amide bonds. The standard InChI is InChI=1S/C10H13F3N2O/c1-3-14-8-5-4-7(6-15-8)9(2,16)10(11,12)13/h4-6,16H,3H2,1-2H3,(H,14,15). The maximum Gasteiger partial charge on any atom is 0.421 e. The van der Waals surface area contributed by atoms with Crippen LogP contribution >= 0.6 is 0 Å². The molecule has 0 fully saturated rings. The lowest BCUT2D eigenvalue weighted by Crippen LogP contribution is -2.39. The highest BCUT2D eigenvalue weighted by atomic mass is 19.4. The first-order valence-electron chi connectivity index (χ1n) is 4.78. The molecule has 90 valence electrons. The Kier molecular flexibility index (Phi) is 3.42. The van der Waals surface area contributed by atoms with Gasteiger partial charge < -0.3 is 10.4 Å². The molecule has 0 spiro atoms. The normalized spacial score (nSPS) is 15.6. The van der Waals surface area contributed by atoms with E-state index >= 15 is 0 Å². The summed E-state index contributed by atoms with van der Waals surface area (Å²) in [5.74, 6) is 0.476. The summed E-state index contributed by atoms with van der Waals surface area (Å²) in [5.41, 5.74) is -3.15. The second-order valence-electron chi connectivity index (χ2n) is 3.53. The second-order valence-corrected chi connectivity index (χ2v) is 3.53. The van der Waals surface area contributed by atoms with Gasteiger partial charge in [0.05, 0.1) is 0 Å². The van der Waals surface area contributed by atoms with Gasteiger partial charge in [-0.05, 0) is 19.9 Å². The van der Waals surface area contributed by atoms with Gasteiger partial charge in [0.1, 0.15) is 5.82 Å². The first kappa shape index (κ1) is 12.8. The average molecular weight is 234 g/mol. The Morgan fingerprint density at radius 2 is 2.00 bits per heavy atom. The fourth-order valence-corrected chi connectivity index (χ4v) is 1.13. The predicted octanol–water partition coefficient (Wildman–Crippen LogP) is 2.28. The van der Waals surface area contributed by atoms with E-state index in [0.29, 0.717) is 19.3 Å². The molecule has 1 atom stereocenters. The highest BCUT2D eigenvalue weighted by molar-refractivity contribution is 5.36. The molecule has 1 aromatic rings. The summed E-state index contributed by atoms with van der Waals surface area (Å²) in [6.45, 7) is 3.18. The summed E-state index contributed by atoms with van der Waals surface area (Å²) in [6, 6.07) is 2.61. The van der Waals surface area contributed by atoms with Crippen LogP contribution in [0.4, 0.5) is 19.0 Å². The zero-order valence-corrected chi connectivity index (χ0v) is 8.97. The summed E-state index contributed by atoms with van der Waals surface area (Å²) in [5, 5.41) is 12.2. The number of alkyl halides is 3. The summed E-state index contributed by atoms with van der Waals surface area (Å²) in [7, 11) is 0. The molecule has 6 heteroatoms. The number of anilines is 1. The van der Waals surface area contributed by atoms with Gasteiger partial charge in [0.2, 0.25) is 0 Å². The molecule has 1 unspecified atom stereocenters. The number of hydrogen-bond donors (Lipinski definition) is 2. The Morgan fingerprint density at radius 3 is 2.38 bits per heavy atom. The number of pyridine rings is 1. The Balaban J connectivity index is 2.97. The van der Waals surface area contributed by atoms with E-state index in [1.165, 1.54) is 12.1 Å².